The van der Waals surface area contributed by atoms with Crippen LogP contribution in [0, 0.1) is 0 Å². The molecule has 122 valence electrons. The van der Waals surface area contributed by atoms with Crippen molar-refractivity contribution < 1.29 is 0 Å². The van der Waals surface area contributed by atoms with Crippen molar-refractivity contribution in [3.63, 3.8) is 0 Å². The first kappa shape index (κ1) is 16.0. The second kappa shape index (κ2) is 7.15. The van der Waals surface area contributed by atoms with Crippen molar-refractivity contribution in [3.05, 3.63) is 47.8 Å². The Bertz CT molecular complexity index is 641. The van der Waals surface area contributed by atoms with Crippen LogP contribution in [-0.4, -0.2) is 47.6 Å². The number of aromatic nitrogens is 2. The SMILES string of the molecule is Cl.c1cnc(N2CCN(Cc3cccc4c3NCC4)CC2)nc1. The fraction of sp³-hybridized carbons (Fsp3) is 0.412. The first-order valence-corrected chi connectivity index (χ1v) is 7.99. The van der Waals surface area contributed by atoms with Crippen LogP contribution in [-0.2, 0) is 13.0 Å². The largest absolute Gasteiger partial charge is 0.384 e. The van der Waals surface area contributed by atoms with Gasteiger partial charge in [0.2, 0.25) is 5.95 Å². The van der Waals surface area contributed by atoms with Gasteiger partial charge < -0.3 is 10.2 Å². The van der Waals surface area contributed by atoms with Gasteiger partial charge >= 0.3 is 0 Å². The maximum atomic E-state index is 4.34. The molecule has 23 heavy (non-hydrogen) atoms. The lowest BCUT2D eigenvalue weighted by Crippen LogP contribution is -2.46. The Balaban J connectivity index is 0.00000156. The number of para-hydroxylation sites is 1. The molecule has 2 aliphatic heterocycles. The van der Waals surface area contributed by atoms with Crippen molar-refractivity contribution in [3.8, 4) is 0 Å². The van der Waals surface area contributed by atoms with Gasteiger partial charge in [-0.3, -0.25) is 4.90 Å². The van der Waals surface area contributed by atoms with Gasteiger partial charge in [-0.25, -0.2) is 9.97 Å². The quantitative estimate of drug-likeness (QED) is 0.934. The molecule has 2 aromatic rings. The summed E-state index contributed by atoms with van der Waals surface area (Å²) in [6.07, 6.45) is 4.78. The van der Waals surface area contributed by atoms with Crippen LogP contribution in [0.2, 0.25) is 0 Å². The molecule has 3 heterocycles. The highest BCUT2D eigenvalue weighted by Crippen LogP contribution is 2.27. The molecule has 0 atom stereocenters. The number of hydrogen-bond donors (Lipinski definition) is 1. The van der Waals surface area contributed by atoms with Crippen molar-refractivity contribution in [2.75, 3.05) is 42.9 Å². The highest BCUT2D eigenvalue weighted by molar-refractivity contribution is 5.85. The summed E-state index contributed by atoms with van der Waals surface area (Å²) in [4.78, 5) is 13.5. The minimum atomic E-state index is 0. The highest BCUT2D eigenvalue weighted by Gasteiger charge is 2.21. The van der Waals surface area contributed by atoms with E-state index in [4.69, 9.17) is 0 Å². The number of anilines is 2. The number of hydrogen-bond acceptors (Lipinski definition) is 5. The van der Waals surface area contributed by atoms with E-state index in [-0.39, 0.29) is 12.4 Å². The molecule has 6 heteroatoms. The molecule has 1 saturated heterocycles. The number of fused-ring (bicyclic) bond motifs is 1. The van der Waals surface area contributed by atoms with Gasteiger partial charge in [0.05, 0.1) is 0 Å². The number of rotatable bonds is 3. The zero-order chi connectivity index (χ0) is 14.8. The van der Waals surface area contributed by atoms with Crippen LogP contribution in [0.25, 0.3) is 0 Å². The molecule has 0 unspecified atom stereocenters. The van der Waals surface area contributed by atoms with Crippen molar-refractivity contribution in [2.24, 2.45) is 0 Å². The van der Waals surface area contributed by atoms with E-state index in [0.717, 1.165) is 51.6 Å². The first-order chi connectivity index (χ1) is 10.9. The normalized spacial score (nSPS) is 17.3. The molecule has 1 aromatic heterocycles. The van der Waals surface area contributed by atoms with E-state index in [1.54, 1.807) is 0 Å². The number of nitrogens with one attached hydrogen (secondary N) is 1. The third-order valence-electron chi connectivity index (χ3n) is 4.53. The number of piperazine rings is 1. The maximum Gasteiger partial charge on any atom is 0.225 e. The van der Waals surface area contributed by atoms with Crippen molar-refractivity contribution >= 4 is 24.0 Å². The molecule has 0 bridgehead atoms. The van der Waals surface area contributed by atoms with E-state index < -0.39 is 0 Å². The Morgan fingerprint density at radius 2 is 1.78 bits per heavy atom. The Labute approximate surface area is 143 Å². The van der Waals surface area contributed by atoms with E-state index in [0.29, 0.717) is 0 Å². The van der Waals surface area contributed by atoms with Crippen LogP contribution in [0.15, 0.2) is 36.7 Å². The Morgan fingerprint density at radius 3 is 2.57 bits per heavy atom. The lowest BCUT2D eigenvalue weighted by Gasteiger charge is -2.34. The van der Waals surface area contributed by atoms with Crippen molar-refractivity contribution in [1.29, 1.82) is 0 Å². The third kappa shape index (κ3) is 3.41. The molecule has 5 nitrogen and oxygen atoms in total. The van der Waals surface area contributed by atoms with Crippen molar-refractivity contribution in [1.82, 2.24) is 14.9 Å². The standard InChI is InChI=1S/C17H21N5.ClH/c1-3-14-5-8-18-16(14)15(4-1)13-21-9-11-22(12-10-21)17-19-6-2-7-20-17;/h1-4,6-7,18H,5,8-13H2;1H. The second-order valence-corrected chi connectivity index (χ2v) is 5.94. The molecule has 1 N–H and O–H groups in total. The molecule has 0 spiro atoms. The van der Waals surface area contributed by atoms with E-state index in [1.807, 2.05) is 18.5 Å². The van der Waals surface area contributed by atoms with Gasteiger partial charge in [0.1, 0.15) is 0 Å². The van der Waals surface area contributed by atoms with Gasteiger partial charge in [-0.1, -0.05) is 18.2 Å². The van der Waals surface area contributed by atoms with E-state index in [9.17, 15) is 0 Å². The summed E-state index contributed by atoms with van der Waals surface area (Å²) < 4.78 is 0. The molecule has 0 saturated carbocycles. The zero-order valence-electron chi connectivity index (χ0n) is 13.1. The van der Waals surface area contributed by atoms with Crippen LogP contribution < -0.4 is 10.2 Å². The fourth-order valence-electron chi connectivity index (χ4n) is 3.34. The molecule has 4 rings (SSSR count). The minimum Gasteiger partial charge on any atom is -0.384 e. The fourth-order valence-corrected chi connectivity index (χ4v) is 3.34. The summed E-state index contributed by atoms with van der Waals surface area (Å²) in [5.41, 5.74) is 4.27. The molecular formula is C17H22ClN5. The van der Waals surface area contributed by atoms with Crippen LogP contribution in [0.4, 0.5) is 11.6 Å². The Morgan fingerprint density at radius 1 is 1.00 bits per heavy atom. The van der Waals surface area contributed by atoms with Crippen LogP contribution in [0.3, 0.4) is 0 Å². The molecule has 0 aliphatic carbocycles. The molecular weight excluding hydrogens is 310 g/mol. The summed E-state index contributed by atoms with van der Waals surface area (Å²) >= 11 is 0. The first-order valence-electron chi connectivity index (χ1n) is 7.99. The van der Waals surface area contributed by atoms with E-state index in [1.165, 1.54) is 16.8 Å². The van der Waals surface area contributed by atoms with Crippen LogP contribution in [0.1, 0.15) is 11.1 Å². The molecule has 1 aromatic carbocycles. The molecule has 0 amide bonds. The average molecular weight is 332 g/mol. The average Bonchev–Trinajstić information content (AvgIpc) is 3.06. The minimum absolute atomic E-state index is 0. The Hall–Kier alpha value is -1.85. The lowest BCUT2D eigenvalue weighted by molar-refractivity contribution is 0.249. The van der Waals surface area contributed by atoms with Gasteiger partial charge in [0.25, 0.3) is 0 Å². The summed E-state index contributed by atoms with van der Waals surface area (Å²) in [5, 5.41) is 3.54. The summed E-state index contributed by atoms with van der Waals surface area (Å²) in [5.74, 6) is 0.851. The third-order valence-corrected chi connectivity index (χ3v) is 4.53. The summed E-state index contributed by atoms with van der Waals surface area (Å²) in [6.45, 7) is 6.20. The van der Waals surface area contributed by atoms with Gasteiger partial charge in [0.15, 0.2) is 0 Å². The van der Waals surface area contributed by atoms with E-state index >= 15 is 0 Å². The molecule has 2 aliphatic rings. The van der Waals surface area contributed by atoms with Gasteiger partial charge in [0, 0.05) is 57.3 Å². The zero-order valence-corrected chi connectivity index (χ0v) is 13.9. The summed E-state index contributed by atoms with van der Waals surface area (Å²) in [7, 11) is 0. The predicted molar refractivity (Wildman–Crippen MR) is 95.4 cm³/mol. The number of halogens is 1. The van der Waals surface area contributed by atoms with Gasteiger partial charge in [-0.15, -0.1) is 12.4 Å². The monoisotopic (exact) mass is 331 g/mol. The Kier molecular flexibility index (Phi) is 4.98. The number of nitrogens with zero attached hydrogens (tertiary/aromatic N) is 4. The van der Waals surface area contributed by atoms with Crippen LogP contribution in [0.5, 0.6) is 0 Å². The van der Waals surface area contributed by atoms with Gasteiger partial charge in [-0.2, -0.15) is 0 Å². The summed E-state index contributed by atoms with van der Waals surface area (Å²) in [6, 6.07) is 8.55. The second-order valence-electron chi connectivity index (χ2n) is 5.94. The van der Waals surface area contributed by atoms with Gasteiger partial charge in [-0.05, 0) is 23.6 Å². The van der Waals surface area contributed by atoms with Crippen LogP contribution >= 0.6 is 12.4 Å². The predicted octanol–water partition coefficient (Wildman–Crippen LogP) is 2.19. The topological polar surface area (TPSA) is 44.3 Å². The highest BCUT2D eigenvalue weighted by atomic mass is 35.5. The molecule has 1 fully saturated rings. The van der Waals surface area contributed by atoms with Crippen molar-refractivity contribution in [2.45, 2.75) is 13.0 Å². The lowest BCUT2D eigenvalue weighted by atomic mass is 10.1. The smallest absolute Gasteiger partial charge is 0.225 e. The number of benzene rings is 1. The maximum absolute atomic E-state index is 4.34. The molecule has 0 radical (unpaired) electrons. The van der Waals surface area contributed by atoms with E-state index in [2.05, 4.69) is 43.3 Å².